The van der Waals surface area contributed by atoms with Gasteiger partial charge in [-0.05, 0) is 31.9 Å². The number of nitrogens with one attached hydrogen (secondary N) is 1. The van der Waals surface area contributed by atoms with E-state index in [1.807, 2.05) is 31.2 Å². The summed E-state index contributed by atoms with van der Waals surface area (Å²) in [4.78, 5) is 16.3. The van der Waals surface area contributed by atoms with E-state index in [9.17, 15) is 4.79 Å². The van der Waals surface area contributed by atoms with Gasteiger partial charge in [0.15, 0.2) is 5.01 Å². The van der Waals surface area contributed by atoms with Gasteiger partial charge in [0.05, 0.1) is 10.2 Å². The van der Waals surface area contributed by atoms with Crippen molar-refractivity contribution < 1.29 is 9.90 Å². The van der Waals surface area contributed by atoms with Crippen LogP contribution in [0.2, 0.25) is 0 Å². The minimum Gasteiger partial charge on any atom is -0.396 e. The molecule has 0 bridgehead atoms. The van der Waals surface area contributed by atoms with Crippen LogP contribution in [0.3, 0.4) is 0 Å². The molecule has 0 saturated carbocycles. The summed E-state index contributed by atoms with van der Waals surface area (Å²) in [7, 11) is 0. The largest absolute Gasteiger partial charge is 0.396 e. The molecule has 0 radical (unpaired) electrons. The highest BCUT2D eigenvalue weighted by Crippen LogP contribution is 2.21. The molecule has 0 saturated heterocycles. The molecule has 1 heterocycles. The average Bonchev–Trinajstić information content (AvgIpc) is 2.80. The molecule has 0 aliphatic rings. The van der Waals surface area contributed by atoms with Crippen molar-refractivity contribution in [2.24, 2.45) is 0 Å². The number of amides is 1. The molecule has 5 heteroatoms. The third kappa shape index (κ3) is 3.05. The number of fused-ring (bicyclic) bond motifs is 1. The van der Waals surface area contributed by atoms with E-state index in [0.29, 0.717) is 11.4 Å². The maximum absolute atomic E-state index is 12.0. The Morgan fingerprint density at radius 1 is 1.50 bits per heavy atom. The quantitative estimate of drug-likeness (QED) is 0.870. The molecular weight excluding hydrogens is 248 g/mol. The third-order valence-corrected chi connectivity index (χ3v) is 3.70. The van der Waals surface area contributed by atoms with E-state index < -0.39 is 0 Å². The number of aliphatic hydroxyl groups excluding tert-OH is 1. The molecule has 1 aromatic heterocycles. The van der Waals surface area contributed by atoms with Gasteiger partial charge in [-0.25, -0.2) is 4.98 Å². The van der Waals surface area contributed by atoms with Crippen molar-refractivity contribution in [1.82, 2.24) is 10.3 Å². The molecule has 2 N–H and O–H groups in total. The Balaban J connectivity index is 2.04. The van der Waals surface area contributed by atoms with Gasteiger partial charge in [0.2, 0.25) is 0 Å². The number of rotatable bonds is 5. The van der Waals surface area contributed by atoms with Crippen LogP contribution < -0.4 is 5.32 Å². The van der Waals surface area contributed by atoms with Crippen LogP contribution in [0.25, 0.3) is 10.2 Å². The number of hydrogen-bond acceptors (Lipinski definition) is 4. The Morgan fingerprint density at radius 2 is 2.28 bits per heavy atom. The lowest BCUT2D eigenvalue weighted by atomic mass is 10.2. The van der Waals surface area contributed by atoms with Gasteiger partial charge in [-0.2, -0.15) is 0 Å². The van der Waals surface area contributed by atoms with E-state index in [0.717, 1.165) is 16.6 Å². The van der Waals surface area contributed by atoms with Crippen LogP contribution in [0.15, 0.2) is 24.3 Å². The smallest absolute Gasteiger partial charge is 0.280 e. The molecule has 0 aliphatic carbocycles. The molecule has 2 rings (SSSR count). The van der Waals surface area contributed by atoms with Gasteiger partial charge in [-0.1, -0.05) is 12.1 Å². The van der Waals surface area contributed by atoms with Gasteiger partial charge in [0.1, 0.15) is 0 Å². The maximum Gasteiger partial charge on any atom is 0.280 e. The topological polar surface area (TPSA) is 62.2 Å². The first-order valence-corrected chi connectivity index (χ1v) is 6.79. The second kappa shape index (κ2) is 5.93. The average molecular weight is 264 g/mol. The molecule has 96 valence electrons. The predicted octanol–water partition coefficient (Wildman–Crippen LogP) is 2.19. The minimum absolute atomic E-state index is 0.0525. The fraction of sp³-hybridized carbons (Fsp3) is 0.385. The highest BCUT2D eigenvalue weighted by atomic mass is 32.1. The first-order valence-electron chi connectivity index (χ1n) is 5.98. The lowest BCUT2D eigenvalue weighted by Gasteiger charge is -2.11. The molecule has 0 fully saturated rings. The molecule has 4 nitrogen and oxygen atoms in total. The standard InChI is InChI=1S/C13H16N2O2S/c1-9(5-4-8-16)14-12(17)13-15-10-6-2-3-7-11(10)18-13/h2-3,6-7,9,16H,4-5,8H2,1H3,(H,14,17). The highest BCUT2D eigenvalue weighted by Gasteiger charge is 2.14. The number of aliphatic hydroxyl groups is 1. The Morgan fingerprint density at radius 3 is 3.00 bits per heavy atom. The molecule has 0 spiro atoms. The fourth-order valence-corrected chi connectivity index (χ4v) is 2.59. The summed E-state index contributed by atoms with van der Waals surface area (Å²) in [5.74, 6) is -0.137. The van der Waals surface area contributed by atoms with E-state index in [-0.39, 0.29) is 18.6 Å². The molecule has 1 amide bonds. The highest BCUT2D eigenvalue weighted by molar-refractivity contribution is 7.20. The van der Waals surface area contributed by atoms with Gasteiger partial charge in [0.25, 0.3) is 5.91 Å². The van der Waals surface area contributed by atoms with Crippen LogP contribution >= 0.6 is 11.3 Å². The van der Waals surface area contributed by atoms with E-state index in [1.54, 1.807) is 0 Å². The fourth-order valence-electron chi connectivity index (χ4n) is 1.72. The zero-order valence-electron chi connectivity index (χ0n) is 10.2. The first-order chi connectivity index (χ1) is 8.70. The Labute approximate surface area is 110 Å². The third-order valence-electron chi connectivity index (χ3n) is 2.66. The van der Waals surface area contributed by atoms with E-state index in [2.05, 4.69) is 10.3 Å². The van der Waals surface area contributed by atoms with Crippen molar-refractivity contribution in [3.8, 4) is 0 Å². The van der Waals surface area contributed by atoms with Gasteiger partial charge >= 0.3 is 0 Å². The van der Waals surface area contributed by atoms with E-state index in [4.69, 9.17) is 5.11 Å². The number of nitrogens with zero attached hydrogens (tertiary/aromatic N) is 1. The number of aromatic nitrogens is 1. The van der Waals surface area contributed by atoms with Gasteiger partial charge in [0, 0.05) is 12.6 Å². The van der Waals surface area contributed by atoms with Gasteiger partial charge < -0.3 is 10.4 Å². The molecule has 1 atom stereocenters. The summed E-state index contributed by atoms with van der Waals surface area (Å²) in [6, 6.07) is 7.76. The van der Waals surface area contributed by atoms with Crippen molar-refractivity contribution in [3.05, 3.63) is 29.3 Å². The maximum atomic E-state index is 12.0. The summed E-state index contributed by atoms with van der Waals surface area (Å²) in [5.41, 5.74) is 0.857. The number of benzene rings is 1. The summed E-state index contributed by atoms with van der Waals surface area (Å²) in [6.45, 7) is 2.09. The molecule has 18 heavy (non-hydrogen) atoms. The van der Waals surface area contributed by atoms with Crippen molar-refractivity contribution in [3.63, 3.8) is 0 Å². The van der Waals surface area contributed by atoms with Gasteiger partial charge in [-0.15, -0.1) is 11.3 Å². The zero-order valence-corrected chi connectivity index (χ0v) is 11.0. The van der Waals surface area contributed by atoms with Crippen LogP contribution in [0.4, 0.5) is 0 Å². The first kappa shape index (κ1) is 13.0. The second-order valence-corrected chi connectivity index (χ2v) is 5.26. The molecule has 0 aliphatic heterocycles. The minimum atomic E-state index is -0.137. The molecular formula is C13H16N2O2S. The van der Waals surface area contributed by atoms with Crippen molar-refractivity contribution in [2.45, 2.75) is 25.8 Å². The number of carbonyl (C=O) groups excluding carboxylic acids is 1. The SMILES string of the molecule is CC(CCCO)NC(=O)c1nc2ccccc2s1. The second-order valence-electron chi connectivity index (χ2n) is 4.23. The predicted molar refractivity (Wildman–Crippen MR) is 72.9 cm³/mol. The lowest BCUT2D eigenvalue weighted by Crippen LogP contribution is -2.32. The van der Waals surface area contributed by atoms with E-state index in [1.165, 1.54) is 11.3 Å². The molecule has 1 unspecified atom stereocenters. The van der Waals surface area contributed by atoms with Crippen LogP contribution in [-0.2, 0) is 0 Å². The van der Waals surface area contributed by atoms with Crippen LogP contribution in [-0.4, -0.2) is 28.6 Å². The monoisotopic (exact) mass is 264 g/mol. The van der Waals surface area contributed by atoms with Crippen molar-refractivity contribution >= 4 is 27.5 Å². The summed E-state index contributed by atoms with van der Waals surface area (Å²) in [6.07, 6.45) is 1.47. The zero-order chi connectivity index (χ0) is 13.0. The number of carbonyl (C=O) groups is 1. The van der Waals surface area contributed by atoms with Gasteiger partial charge in [-0.3, -0.25) is 4.79 Å². The molecule has 2 aromatic rings. The Kier molecular flexibility index (Phi) is 4.28. The normalized spacial score (nSPS) is 12.6. The number of thiazole rings is 1. The Hall–Kier alpha value is -1.46. The summed E-state index contributed by atoms with van der Waals surface area (Å²) < 4.78 is 1.02. The van der Waals surface area contributed by atoms with Crippen LogP contribution in [0, 0.1) is 0 Å². The Bertz CT molecular complexity index is 506. The summed E-state index contributed by atoms with van der Waals surface area (Å²) >= 11 is 1.40. The van der Waals surface area contributed by atoms with Crippen LogP contribution in [0.1, 0.15) is 29.6 Å². The summed E-state index contributed by atoms with van der Waals surface area (Å²) in [5, 5.41) is 12.1. The number of para-hydroxylation sites is 1. The van der Waals surface area contributed by atoms with E-state index >= 15 is 0 Å². The lowest BCUT2D eigenvalue weighted by molar-refractivity contribution is 0.0936. The van der Waals surface area contributed by atoms with Crippen molar-refractivity contribution in [2.75, 3.05) is 6.61 Å². The van der Waals surface area contributed by atoms with Crippen molar-refractivity contribution in [1.29, 1.82) is 0 Å². The van der Waals surface area contributed by atoms with Crippen LogP contribution in [0.5, 0.6) is 0 Å². The molecule has 1 aromatic carbocycles. The number of hydrogen-bond donors (Lipinski definition) is 2.